The summed E-state index contributed by atoms with van der Waals surface area (Å²) in [5, 5.41) is 5.75. The molecule has 0 spiro atoms. The van der Waals surface area contributed by atoms with Crippen molar-refractivity contribution in [1.29, 1.82) is 0 Å². The van der Waals surface area contributed by atoms with E-state index in [-0.39, 0.29) is 12.5 Å². The molecule has 2 amide bonds. The second-order valence-electron chi connectivity index (χ2n) is 5.78. The van der Waals surface area contributed by atoms with Crippen LogP contribution in [0.3, 0.4) is 0 Å². The zero-order valence-electron chi connectivity index (χ0n) is 14.7. The van der Waals surface area contributed by atoms with Crippen LogP contribution in [0.4, 0.5) is 9.93 Å². The van der Waals surface area contributed by atoms with Crippen LogP contribution >= 0.6 is 11.3 Å². The van der Waals surface area contributed by atoms with Crippen LogP contribution in [-0.2, 0) is 16.0 Å². The van der Waals surface area contributed by atoms with Gasteiger partial charge in [0.2, 0.25) is 0 Å². The minimum absolute atomic E-state index is 0.0314. The van der Waals surface area contributed by atoms with Crippen molar-refractivity contribution in [2.45, 2.75) is 32.7 Å². The standard InChI is InChI=1S/C18H21N3O4S/c1-3-5-14-15(11-6-8-12(9-7-11)24-4-2)20-17(26-14)21-16(22)13-10-25-18(23)19-13/h6-9,13H,3-5,10H2,1-2H3,(H,19,23)(H,20,21,22)/t13-/m0/s1. The summed E-state index contributed by atoms with van der Waals surface area (Å²) in [6.45, 7) is 4.70. The van der Waals surface area contributed by atoms with Gasteiger partial charge in [-0.1, -0.05) is 13.3 Å². The summed E-state index contributed by atoms with van der Waals surface area (Å²) >= 11 is 1.45. The van der Waals surface area contributed by atoms with Crippen LogP contribution in [0.2, 0.25) is 0 Å². The minimum Gasteiger partial charge on any atom is -0.494 e. The van der Waals surface area contributed by atoms with E-state index in [1.807, 2.05) is 31.2 Å². The molecule has 0 saturated carbocycles. The number of ether oxygens (including phenoxy) is 2. The Hall–Kier alpha value is -2.61. The first-order valence-corrected chi connectivity index (χ1v) is 9.39. The second-order valence-corrected chi connectivity index (χ2v) is 6.87. The van der Waals surface area contributed by atoms with Crippen LogP contribution in [-0.4, -0.2) is 36.2 Å². The molecular formula is C18H21N3O4S. The molecule has 1 aliphatic rings. The number of amides is 2. The lowest BCUT2D eigenvalue weighted by atomic mass is 10.1. The van der Waals surface area contributed by atoms with Gasteiger partial charge in [0, 0.05) is 10.4 Å². The molecule has 2 N–H and O–H groups in total. The number of hydrogen-bond donors (Lipinski definition) is 2. The third-order valence-electron chi connectivity index (χ3n) is 3.83. The summed E-state index contributed by atoms with van der Waals surface area (Å²) in [4.78, 5) is 29.0. The third-order valence-corrected chi connectivity index (χ3v) is 4.86. The van der Waals surface area contributed by atoms with E-state index in [0.717, 1.165) is 34.7 Å². The Morgan fingerprint density at radius 2 is 2.15 bits per heavy atom. The van der Waals surface area contributed by atoms with E-state index in [4.69, 9.17) is 9.47 Å². The number of hydrogen-bond acceptors (Lipinski definition) is 6. The van der Waals surface area contributed by atoms with Gasteiger partial charge in [-0.3, -0.25) is 4.79 Å². The minimum atomic E-state index is -0.685. The van der Waals surface area contributed by atoms with Gasteiger partial charge in [-0.25, -0.2) is 9.78 Å². The lowest BCUT2D eigenvalue weighted by Crippen LogP contribution is -2.38. The van der Waals surface area contributed by atoms with Gasteiger partial charge in [-0.05, 0) is 37.6 Å². The average molecular weight is 375 g/mol. The van der Waals surface area contributed by atoms with Crippen molar-refractivity contribution in [3.63, 3.8) is 0 Å². The van der Waals surface area contributed by atoms with Gasteiger partial charge >= 0.3 is 6.09 Å². The van der Waals surface area contributed by atoms with Crippen molar-refractivity contribution in [3.05, 3.63) is 29.1 Å². The summed E-state index contributed by atoms with van der Waals surface area (Å²) < 4.78 is 10.2. The molecule has 0 radical (unpaired) electrons. The molecule has 2 aromatic rings. The number of carbonyl (C=O) groups is 2. The highest BCUT2D eigenvalue weighted by Gasteiger charge is 2.29. The average Bonchev–Trinajstić information content (AvgIpc) is 3.23. The van der Waals surface area contributed by atoms with E-state index in [2.05, 4.69) is 22.5 Å². The number of rotatable bonds is 7. The summed E-state index contributed by atoms with van der Waals surface area (Å²) in [5.41, 5.74) is 1.84. The molecule has 138 valence electrons. The molecule has 2 heterocycles. The second kappa shape index (κ2) is 8.18. The molecule has 1 atom stereocenters. The molecule has 0 aliphatic carbocycles. The van der Waals surface area contributed by atoms with Gasteiger partial charge in [0.1, 0.15) is 18.4 Å². The molecule has 1 aliphatic heterocycles. The van der Waals surface area contributed by atoms with Crippen LogP contribution in [0, 0.1) is 0 Å². The Balaban J connectivity index is 1.79. The first-order chi connectivity index (χ1) is 12.6. The van der Waals surface area contributed by atoms with Crippen molar-refractivity contribution in [2.24, 2.45) is 0 Å². The molecular weight excluding hydrogens is 354 g/mol. The van der Waals surface area contributed by atoms with Crippen LogP contribution in [0.25, 0.3) is 11.3 Å². The van der Waals surface area contributed by atoms with Crippen LogP contribution in [0.1, 0.15) is 25.1 Å². The van der Waals surface area contributed by atoms with Crippen LogP contribution in [0.15, 0.2) is 24.3 Å². The number of alkyl carbamates (subject to hydrolysis) is 1. The van der Waals surface area contributed by atoms with Crippen molar-refractivity contribution < 1.29 is 19.1 Å². The molecule has 0 unspecified atom stereocenters. The molecule has 3 rings (SSSR count). The van der Waals surface area contributed by atoms with Crippen molar-refractivity contribution in [1.82, 2.24) is 10.3 Å². The number of aromatic nitrogens is 1. The van der Waals surface area contributed by atoms with E-state index in [0.29, 0.717) is 11.7 Å². The van der Waals surface area contributed by atoms with Gasteiger partial charge in [-0.2, -0.15) is 0 Å². The molecule has 7 nitrogen and oxygen atoms in total. The number of nitrogens with one attached hydrogen (secondary N) is 2. The Morgan fingerprint density at radius 3 is 2.77 bits per heavy atom. The summed E-state index contributed by atoms with van der Waals surface area (Å²) in [6.07, 6.45) is 1.27. The van der Waals surface area contributed by atoms with Gasteiger partial charge in [0.15, 0.2) is 5.13 Å². The summed E-state index contributed by atoms with van der Waals surface area (Å²) in [5.74, 6) is 0.486. The highest BCUT2D eigenvalue weighted by atomic mass is 32.1. The number of cyclic esters (lactones) is 1. The molecule has 8 heteroatoms. The highest BCUT2D eigenvalue weighted by Crippen LogP contribution is 2.33. The lowest BCUT2D eigenvalue weighted by Gasteiger charge is -2.06. The van der Waals surface area contributed by atoms with Gasteiger partial charge in [0.05, 0.1) is 12.3 Å². The van der Waals surface area contributed by atoms with Crippen molar-refractivity contribution >= 4 is 28.5 Å². The first-order valence-electron chi connectivity index (χ1n) is 8.57. The SMILES string of the molecule is CCCc1sc(NC(=O)[C@@H]2COC(=O)N2)nc1-c1ccc(OCC)cc1. The topological polar surface area (TPSA) is 89.5 Å². The number of aryl methyl sites for hydroxylation is 1. The Morgan fingerprint density at radius 1 is 1.38 bits per heavy atom. The Bertz CT molecular complexity index is 788. The van der Waals surface area contributed by atoms with Crippen LogP contribution < -0.4 is 15.4 Å². The number of carbonyl (C=O) groups excluding carboxylic acids is 2. The molecule has 0 bridgehead atoms. The van der Waals surface area contributed by atoms with Gasteiger partial charge in [-0.15, -0.1) is 11.3 Å². The van der Waals surface area contributed by atoms with Crippen LogP contribution in [0.5, 0.6) is 5.75 Å². The largest absolute Gasteiger partial charge is 0.494 e. The maximum Gasteiger partial charge on any atom is 0.407 e. The summed E-state index contributed by atoms with van der Waals surface area (Å²) in [7, 11) is 0. The summed E-state index contributed by atoms with van der Waals surface area (Å²) in [6, 6.07) is 7.08. The lowest BCUT2D eigenvalue weighted by molar-refractivity contribution is -0.117. The third kappa shape index (κ3) is 4.13. The fourth-order valence-corrected chi connectivity index (χ4v) is 3.71. The number of nitrogens with zero attached hydrogens (tertiary/aromatic N) is 1. The van der Waals surface area contributed by atoms with E-state index in [9.17, 15) is 9.59 Å². The number of thiazole rings is 1. The van der Waals surface area contributed by atoms with E-state index in [1.54, 1.807) is 0 Å². The maximum atomic E-state index is 12.2. The van der Waals surface area contributed by atoms with Crippen molar-refractivity contribution in [3.8, 4) is 17.0 Å². The zero-order chi connectivity index (χ0) is 18.5. The molecule has 1 saturated heterocycles. The number of anilines is 1. The molecule has 26 heavy (non-hydrogen) atoms. The fraction of sp³-hybridized carbons (Fsp3) is 0.389. The van der Waals surface area contributed by atoms with Gasteiger partial charge in [0.25, 0.3) is 5.91 Å². The number of benzene rings is 1. The van der Waals surface area contributed by atoms with E-state index >= 15 is 0 Å². The molecule has 1 fully saturated rings. The molecule has 1 aromatic carbocycles. The molecule has 1 aromatic heterocycles. The monoisotopic (exact) mass is 375 g/mol. The van der Waals surface area contributed by atoms with Gasteiger partial charge < -0.3 is 20.1 Å². The smallest absolute Gasteiger partial charge is 0.407 e. The van der Waals surface area contributed by atoms with E-state index in [1.165, 1.54) is 11.3 Å². The maximum absolute atomic E-state index is 12.2. The Kier molecular flexibility index (Phi) is 5.72. The zero-order valence-corrected chi connectivity index (χ0v) is 15.5. The Labute approximate surface area is 155 Å². The van der Waals surface area contributed by atoms with E-state index < -0.39 is 12.1 Å². The first kappa shape index (κ1) is 18.2. The van der Waals surface area contributed by atoms with Crippen molar-refractivity contribution in [2.75, 3.05) is 18.5 Å². The predicted octanol–water partition coefficient (Wildman–Crippen LogP) is 3.21. The fourth-order valence-electron chi connectivity index (χ4n) is 2.62. The predicted molar refractivity (Wildman–Crippen MR) is 99.6 cm³/mol. The highest BCUT2D eigenvalue weighted by molar-refractivity contribution is 7.16. The quantitative estimate of drug-likeness (QED) is 0.776. The normalized spacial score (nSPS) is 16.1.